The van der Waals surface area contributed by atoms with Crippen LogP contribution in [0.2, 0.25) is 0 Å². The Kier molecular flexibility index (Phi) is 4.08. The topological polar surface area (TPSA) is 120 Å². The molecule has 0 radical (unpaired) electrons. The number of hydrogen-bond acceptors (Lipinski definition) is 7. The highest BCUT2D eigenvalue weighted by molar-refractivity contribution is 5.95. The third kappa shape index (κ3) is 3.14. The van der Waals surface area contributed by atoms with Crippen molar-refractivity contribution in [2.75, 3.05) is 5.32 Å². The largest absolute Gasteiger partial charge is 0.332 e. The summed E-state index contributed by atoms with van der Waals surface area (Å²) >= 11 is 0. The van der Waals surface area contributed by atoms with Crippen LogP contribution in [0.1, 0.15) is 52.3 Å². The fourth-order valence-electron chi connectivity index (χ4n) is 2.63. The SMILES string of the molecule is CC(C)(C)C(=O)Nc1nccnc1-c1nc(C2(N)CCCC2)no1. The Hall–Kier alpha value is -2.35. The van der Waals surface area contributed by atoms with E-state index in [1.165, 1.54) is 12.4 Å². The Balaban J connectivity index is 1.91. The van der Waals surface area contributed by atoms with Gasteiger partial charge in [0.15, 0.2) is 17.3 Å². The van der Waals surface area contributed by atoms with Crippen molar-refractivity contribution in [3.8, 4) is 11.6 Å². The van der Waals surface area contributed by atoms with Crippen LogP contribution in [-0.2, 0) is 10.3 Å². The molecular weight excluding hydrogens is 308 g/mol. The van der Waals surface area contributed by atoms with E-state index in [0.29, 0.717) is 17.3 Å². The van der Waals surface area contributed by atoms with Crippen molar-refractivity contribution in [3.63, 3.8) is 0 Å². The molecule has 0 unspecified atom stereocenters. The van der Waals surface area contributed by atoms with Crippen LogP contribution < -0.4 is 11.1 Å². The maximum atomic E-state index is 12.2. The average Bonchev–Trinajstić information content (AvgIpc) is 3.17. The predicted molar refractivity (Wildman–Crippen MR) is 87.7 cm³/mol. The number of nitrogens with one attached hydrogen (secondary N) is 1. The fourth-order valence-corrected chi connectivity index (χ4v) is 2.63. The molecule has 1 amide bonds. The molecule has 2 aromatic heterocycles. The molecule has 8 heteroatoms. The summed E-state index contributed by atoms with van der Waals surface area (Å²) in [5, 5.41) is 6.79. The zero-order chi connectivity index (χ0) is 17.4. The molecule has 0 aliphatic heterocycles. The zero-order valence-corrected chi connectivity index (χ0v) is 14.2. The van der Waals surface area contributed by atoms with Crippen molar-refractivity contribution >= 4 is 11.7 Å². The molecule has 0 atom stereocenters. The number of carbonyl (C=O) groups excluding carboxylic acids is 1. The summed E-state index contributed by atoms with van der Waals surface area (Å²) in [6.07, 6.45) is 6.79. The normalized spacial score (nSPS) is 17.0. The highest BCUT2D eigenvalue weighted by Gasteiger charge is 2.36. The second-order valence-corrected chi connectivity index (χ2v) is 7.24. The number of amides is 1. The Morgan fingerprint density at radius 2 is 1.92 bits per heavy atom. The predicted octanol–water partition coefficient (Wildman–Crippen LogP) is 2.24. The van der Waals surface area contributed by atoms with E-state index in [2.05, 4.69) is 25.4 Å². The standard InChI is InChI=1S/C16H22N6O2/c1-15(2,3)14(23)20-11-10(18-8-9-19-11)12-21-13(22-24-12)16(17)6-4-5-7-16/h8-9H,4-7,17H2,1-3H3,(H,19,20,23). The van der Waals surface area contributed by atoms with E-state index in [9.17, 15) is 4.79 Å². The summed E-state index contributed by atoms with van der Waals surface area (Å²) in [4.78, 5) is 25.0. The third-order valence-corrected chi connectivity index (χ3v) is 4.18. The summed E-state index contributed by atoms with van der Waals surface area (Å²) in [6, 6.07) is 0. The molecule has 1 fully saturated rings. The summed E-state index contributed by atoms with van der Waals surface area (Å²) in [6.45, 7) is 5.46. The summed E-state index contributed by atoms with van der Waals surface area (Å²) < 4.78 is 5.34. The molecule has 0 bridgehead atoms. The van der Waals surface area contributed by atoms with Crippen molar-refractivity contribution in [1.29, 1.82) is 0 Å². The van der Waals surface area contributed by atoms with Gasteiger partial charge in [0.1, 0.15) is 0 Å². The molecule has 8 nitrogen and oxygen atoms in total. The van der Waals surface area contributed by atoms with Crippen molar-refractivity contribution in [2.24, 2.45) is 11.1 Å². The first-order valence-electron chi connectivity index (χ1n) is 8.05. The molecule has 0 saturated heterocycles. The van der Waals surface area contributed by atoms with Gasteiger partial charge in [-0.1, -0.05) is 38.8 Å². The number of rotatable bonds is 3. The molecule has 1 aliphatic carbocycles. The highest BCUT2D eigenvalue weighted by atomic mass is 16.5. The van der Waals surface area contributed by atoms with Crippen molar-refractivity contribution in [1.82, 2.24) is 20.1 Å². The Morgan fingerprint density at radius 1 is 1.25 bits per heavy atom. The van der Waals surface area contributed by atoms with Crippen molar-refractivity contribution < 1.29 is 9.32 Å². The average molecular weight is 330 g/mol. The number of anilines is 1. The van der Waals surface area contributed by atoms with Crippen LogP contribution in [0.3, 0.4) is 0 Å². The molecule has 3 N–H and O–H groups in total. The van der Waals surface area contributed by atoms with Crippen LogP contribution in [0.5, 0.6) is 0 Å². The molecule has 2 aromatic rings. The van der Waals surface area contributed by atoms with Crippen LogP contribution in [-0.4, -0.2) is 26.0 Å². The van der Waals surface area contributed by atoms with E-state index in [1.807, 2.05) is 20.8 Å². The van der Waals surface area contributed by atoms with E-state index >= 15 is 0 Å². The van der Waals surface area contributed by atoms with Gasteiger partial charge in [0.25, 0.3) is 5.89 Å². The highest BCUT2D eigenvalue weighted by Crippen LogP contribution is 2.35. The molecule has 24 heavy (non-hydrogen) atoms. The van der Waals surface area contributed by atoms with Gasteiger partial charge >= 0.3 is 0 Å². The quantitative estimate of drug-likeness (QED) is 0.885. The van der Waals surface area contributed by atoms with Gasteiger partial charge in [0, 0.05) is 17.8 Å². The number of nitrogens with zero attached hydrogens (tertiary/aromatic N) is 4. The van der Waals surface area contributed by atoms with E-state index in [4.69, 9.17) is 10.3 Å². The molecule has 0 spiro atoms. The number of nitrogens with two attached hydrogens (primary N) is 1. The van der Waals surface area contributed by atoms with E-state index in [0.717, 1.165) is 25.7 Å². The van der Waals surface area contributed by atoms with Crippen molar-refractivity contribution in [3.05, 3.63) is 18.2 Å². The van der Waals surface area contributed by atoms with Gasteiger partial charge in [-0.05, 0) is 12.8 Å². The lowest BCUT2D eigenvalue weighted by atomic mass is 9.96. The minimum atomic E-state index is -0.556. The maximum Gasteiger partial charge on any atom is 0.280 e. The number of aromatic nitrogens is 4. The van der Waals surface area contributed by atoms with Crippen LogP contribution in [0.4, 0.5) is 5.82 Å². The second kappa shape index (κ2) is 5.94. The van der Waals surface area contributed by atoms with Gasteiger partial charge in [-0.2, -0.15) is 4.98 Å². The molecule has 3 rings (SSSR count). The van der Waals surface area contributed by atoms with Crippen LogP contribution in [0, 0.1) is 5.41 Å². The maximum absolute atomic E-state index is 12.2. The first kappa shape index (κ1) is 16.5. The minimum absolute atomic E-state index is 0.171. The summed E-state index contributed by atoms with van der Waals surface area (Å²) in [7, 11) is 0. The third-order valence-electron chi connectivity index (χ3n) is 4.18. The summed E-state index contributed by atoms with van der Waals surface area (Å²) in [5.74, 6) is 0.813. The van der Waals surface area contributed by atoms with Crippen LogP contribution >= 0.6 is 0 Å². The fraction of sp³-hybridized carbons (Fsp3) is 0.562. The second-order valence-electron chi connectivity index (χ2n) is 7.24. The lowest BCUT2D eigenvalue weighted by molar-refractivity contribution is -0.123. The number of carbonyl (C=O) groups is 1. The van der Waals surface area contributed by atoms with Gasteiger partial charge in [0.2, 0.25) is 5.91 Å². The monoisotopic (exact) mass is 330 g/mol. The van der Waals surface area contributed by atoms with E-state index in [1.54, 1.807) is 0 Å². The summed E-state index contributed by atoms with van der Waals surface area (Å²) in [5.41, 5.74) is 5.60. The first-order valence-corrected chi connectivity index (χ1v) is 8.05. The van der Waals surface area contributed by atoms with Crippen LogP contribution in [0.15, 0.2) is 16.9 Å². The van der Waals surface area contributed by atoms with Gasteiger partial charge in [-0.25, -0.2) is 9.97 Å². The molecule has 0 aromatic carbocycles. The Bertz CT molecular complexity index is 743. The lowest BCUT2D eigenvalue weighted by Gasteiger charge is -2.18. The van der Waals surface area contributed by atoms with Gasteiger partial charge < -0.3 is 15.6 Å². The van der Waals surface area contributed by atoms with Gasteiger partial charge in [0.05, 0.1) is 5.54 Å². The lowest BCUT2D eigenvalue weighted by Crippen LogP contribution is -2.34. The van der Waals surface area contributed by atoms with E-state index < -0.39 is 11.0 Å². The molecule has 1 saturated carbocycles. The Labute approximate surface area is 140 Å². The van der Waals surface area contributed by atoms with Crippen molar-refractivity contribution in [2.45, 2.75) is 52.0 Å². The number of hydrogen-bond donors (Lipinski definition) is 2. The van der Waals surface area contributed by atoms with E-state index in [-0.39, 0.29) is 11.8 Å². The van der Waals surface area contributed by atoms with Gasteiger partial charge in [-0.3, -0.25) is 4.79 Å². The van der Waals surface area contributed by atoms with Gasteiger partial charge in [-0.15, -0.1) is 0 Å². The molecule has 128 valence electrons. The Morgan fingerprint density at radius 3 is 2.58 bits per heavy atom. The smallest absolute Gasteiger partial charge is 0.280 e. The zero-order valence-electron chi connectivity index (χ0n) is 14.2. The van der Waals surface area contributed by atoms with Crippen LogP contribution in [0.25, 0.3) is 11.6 Å². The molecular formula is C16H22N6O2. The first-order chi connectivity index (χ1) is 11.3. The molecule has 1 aliphatic rings. The minimum Gasteiger partial charge on any atom is -0.332 e. The molecule has 2 heterocycles.